The molecule has 1 heterocycles. The number of benzene rings is 2. The van der Waals surface area contributed by atoms with Crippen LogP contribution in [-0.4, -0.2) is 18.1 Å². The van der Waals surface area contributed by atoms with Crippen molar-refractivity contribution >= 4 is 46.5 Å². The summed E-state index contributed by atoms with van der Waals surface area (Å²) in [7, 11) is 1.64. The lowest BCUT2D eigenvalue weighted by Crippen LogP contribution is -2.22. The Bertz CT molecular complexity index is 829. The maximum atomic E-state index is 5.96. The van der Waals surface area contributed by atoms with E-state index in [1.54, 1.807) is 13.3 Å². The number of methoxy groups -OCH3 is 1. The second kappa shape index (κ2) is 8.49. The Hall–Kier alpha value is -2.35. The van der Waals surface area contributed by atoms with Crippen molar-refractivity contribution in [3.05, 3.63) is 66.4 Å². The number of fused-ring (bicyclic) bond motifs is 1. The van der Waals surface area contributed by atoms with Gasteiger partial charge in [0.25, 0.3) is 0 Å². The van der Waals surface area contributed by atoms with Gasteiger partial charge in [-0.25, -0.2) is 4.99 Å². The molecule has 0 aliphatic rings. The van der Waals surface area contributed by atoms with Gasteiger partial charge in [0, 0.05) is 17.3 Å². The molecular formula is C18H19IN4O. The Kier molecular flexibility index (Phi) is 6.36. The highest BCUT2D eigenvalue weighted by Crippen LogP contribution is 2.17. The lowest BCUT2D eigenvalue weighted by Gasteiger charge is -2.07. The van der Waals surface area contributed by atoms with Gasteiger partial charge in [-0.2, -0.15) is 0 Å². The van der Waals surface area contributed by atoms with Crippen LogP contribution in [-0.2, 0) is 6.54 Å². The summed E-state index contributed by atoms with van der Waals surface area (Å²) in [6.07, 6.45) is 1.79. The van der Waals surface area contributed by atoms with Crippen LogP contribution in [0.4, 0.5) is 5.69 Å². The van der Waals surface area contributed by atoms with E-state index in [1.807, 2.05) is 54.6 Å². The highest BCUT2D eigenvalue weighted by atomic mass is 127. The number of nitrogens with two attached hydrogens (primary N) is 1. The van der Waals surface area contributed by atoms with Crippen LogP contribution in [0, 0.1) is 0 Å². The van der Waals surface area contributed by atoms with E-state index in [0.717, 1.165) is 27.9 Å². The standard InChI is InChI=1S/C18H18N4O.HI/c1-23-15-8-6-14(7-9-15)22-18(19)21-12-13-10-11-20-17-5-3-2-4-16(13)17;/h2-11H,12H2,1H3,(H3,19,21,22);1H. The number of hydrogen-bond acceptors (Lipinski definition) is 3. The summed E-state index contributed by atoms with van der Waals surface area (Å²) in [6, 6.07) is 17.5. The predicted molar refractivity (Wildman–Crippen MR) is 109 cm³/mol. The summed E-state index contributed by atoms with van der Waals surface area (Å²) in [5, 5.41) is 4.16. The zero-order valence-electron chi connectivity index (χ0n) is 13.3. The summed E-state index contributed by atoms with van der Waals surface area (Å²) in [5.74, 6) is 1.17. The SMILES string of the molecule is COc1ccc(NC(N)=NCc2ccnc3ccccc23)cc1.I. The van der Waals surface area contributed by atoms with Crippen LogP contribution in [0.2, 0.25) is 0 Å². The van der Waals surface area contributed by atoms with E-state index >= 15 is 0 Å². The van der Waals surface area contributed by atoms with E-state index in [1.165, 1.54) is 0 Å². The molecule has 0 unspecified atom stereocenters. The van der Waals surface area contributed by atoms with Crippen LogP contribution >= 0.6 is 24.0 Å². The van der Waals surface area contributed by atoms with Gasteiger partial charge >= 0.3 is 0 Å². The minimum absolute atomic E-state index is 0. The molecule has 0 aliphatic carbocycles. The number of anilines is 1. The number of halogens is 1. The Morgan fingerprint density at radius 2 is 1.88 bits per heavy atom. The molecule has 0 spiro atoms. The number of aliphatic imine (C=N–C) groups is 1. The fourth-order valence-electron chi connectivity index (χ4n) is 2.33. The number of rotatable bonds is 4. The van der Waals surface area contributed by atoms with Gasteiger partial charge in [-0.05, 0) is 42.0 Å². The summed E-state index contributed by atoms with van der Waals surface area (Å²) in [6.45, 7) is 0.498. The van der Waals surface area contributed by atoms with Gasteiger partial charge in [-0.1, -0.05) is 18.2 Å². The number of guanidine groups is 1. The van der Waals surface area contributed by atoms with Crippen molar-refractivity contribution in [2.75, 3.05) is 12.4 Å². The Morgan fingerprint density at radius 1 is 1.12 bits per heavy atom. The van der Waals surface area contributed by atoms with Gasteiger partial charge in [0.1, 0.15) is 5.75 Å². The van der Waals surface area contributed by atoms with E-state index in [4.69, 9.17) is 10.5 Å². The quantitative estimate of drug-likeness (QED) is 0.373. The molecule has 124 valence electrons. The third kappa shape index (κ3) is 4.35. The molecule has 1 aromatic heterocycles. The molecule has 5 nitrogen and oxygen atoms in total. The summed E-state index contributed by atoms with van der Waals surface area (Å²) in [4.78, 5) is 8.75. The van der Waals surface area contributed by atoms with E-state index in [2.05, 4.69) is 15.3 Å². The van der Waals surface area contributed by atoms with Crippen molar-refractivity contribution in [3.8, 4) is 5.75 Å². The highest BCUT2D eigenvalue weighted by Gasteiger charge is 2.01. The van der Waals surface area contributed by atoms with Crippen LogP contribution in [0.25, 0.3) is 10.9 Å². The molecule has 0 saturated heterocycles. The third-order valence-corrected chi connectivity index (χ3v) is 3.52. The van der Waals surface area contributed by atoms with Gasteiger partial charge in [-0.3, -0.25) is 4.98 Å². The molecule has 24 heavy (non-hydrogen) atoms. The number of pyridine rings is 1. The van der Waals surface area contributed by atoms with E-state index in [9.17, 15) is 0 Å². The molecule has 0 fully saturated rings. The average molecular weight is 434 g/mol. The zero-order valence-corrected chi connectivity index (χ0v) is 15.6. The Balaban J connectivity index is 0.00000208. The molecule has 3 aromatic rings. The van der Waals surface area contributed by atoms with Crippen LogP contribution in [0.3, 0.4) is 0 Å². The zero-order chi connectivity index (χ0) is 16.1. The van der Waals surface area contributed by atoms with Crippen molar-refractivity contribution < 1.29 is 4.74 Å². The van der Waals surface area contributed by atoms with Crippen LogP contribution in [0.1, 0.15) is 5.56 Å². The minimum atomic E-state index is 0. The van der Waals surface area contributed by atoms with E-state index in [-0.39, 0.29) is 24.0 Å². The number of para-hydroxylation sites is 1. The number of nitrogens with one attached hydrogen (secondary N) is 1. The van der Waals surface area contributed by atoms with Crippen molar-refractivity contribution in [2.45, 2.75) is 6.54 Å². The number of nitrogens with zero attached hydrogens (tertiary/aromatic N) is 2. The van der Waals surface area contributed by atoms with Crippen LogP contribution < -0.4 is 15.8 Å². The molecule has 6 heteroatoms. The predicted octanol–water partition coefficient (Wildman–Crippen LogP) is 3.79. The molecule has 3 rings (SSSR count). The van der Waals surface area contributed by atoms with Crippen LogP contribution in [0.5, 0.6) is 5.75 Å². The molecule has 3 N–H and O–H groups in total. The van der Waals surface area contributed by atoms with Crippen molar-refractivity contribution in [3.63, 3.8) is 0 Å². The Morgan fingerprint density at radius 3 is 2.62 bits per heavy atom. The highest BCUT2D eigenvalue weighted by molar-refractivity contribution is 14.0. The average Bonchev–Trinajstić information content (AvgIpc) is 2.60. The third-order valence-electron chi connectivity index (χ3n) is 3.52. The molecule has 0 aliphatic heterocycles. The first kappa shape index (κ1) is 18.0. The minimum Gasteiger partial charge on any atom is -0.497 e. The largest absolute Gasteiger partial charge is 0.497 e. The van der Waals surface area contributed by atoms with Gasteiger partial charge in [0.15, 0.2) is 5.96 Å². The van der Waals surface area contributed by atoms with Gasteiger partial charge in [0.05, 0.1) is 19.2 Å². The van der Waals surface area contributed by atoms with Crippen molar-refractivity contribution in [1.29, 1.82) is 0 Å². The first-order valence-electron chi connectivity index (χ1n) is 7.30. The van der Waals surface area contributed by atoms with Gasteiger partial charge < -0.3 is 15.8 Å². The fraction of sp³-hybridized carbons (Fsp3) is 0.111. The first-order chi connectivity index (χ1) is 11.3. The number of aromatic nitrogens is 1. The van der Waals surface area contributed by atoms with Crippen molar-refractivity contribution in [1.82, 2.24) is 4.98 Å². The summed E-state index contributed by atoms with van der Waals surface area (Å²) in [5.41, 5.74) is 8.88. The molecule has 0 amide bonds. The van der Waals surface area contributed by atoms with Gasteiger partial charge in [0.2, 0.25) is 0 Å². The fourth-order valence-corrected chi connectivity index (χ4v) is 2.33. The van der Waals surface area contributed by atoms with Crippen LogP contribution in [0.15, 0.2) is 65.8 Å². The first-order valence-corrected chi connectivity index (χ1v) is 7.30. The second-order valence-electron chi connectivity index (χ2n) is 5.04. The normalized spacial score (nSPS) is 11.0. The molecule has 0 radical (unpaired) electrons. The lowest BCUT2D eigenvalue weighted by molar-refractivity contribution is 0.415. The van der Waals surface area contributed by atoms with E-state index < -0.39 is 0 Å². The topological polar surface area (TPSA) is 72.5 Å². The molecule has 0 saturated carbocycles. The van der Waals surface area contributed by atoms with Crippen molar-refractivity contribution in [2.24, 2.45) is 10.7 Å². The van der Waals surface area contributed by atoms with Gasteiger partial charge in [-0.15, -0.1) is 24.0 Å². The molecule has 0 atom stereocenters. The smallest absolute Gasteiger partial charge is 0.193 e. The van der Waals surface area contributed by atoms with E-state index in [0.29, 0.717) is 12.5 Å². The molecular weight excluding hydrogens is 415 g/mol. The second-order valence-corrected chi connectivity index (χ2v) is 5.04. The number of ether oxygens (including phenoxy) is 1. The molecule has 2 aromatic carbocycles. The lowest BCUT2D eigenvalue weighted by atomic mass is 10.1. The summed E-state index contributed by atoms with van der Waals surface area (Å²) >= 11 is 0. The maximum Gasteiger partial charge on any atom is 0.193 e. The monoisotopic (exact) mass is 434 g/mol. The number of hydrogen-bond donors (Lipinski definition) is 2. The summed E-state index contributed by atoms with van der Waals surface area (Å²) < 4.78 is 5.13. The maximum absolute atomic E-state index is 5.96. The Labute approximate surface area is 158 Å². The molecule has 0 bridgehead atoms.